The molecule has 1 saturated carbocycles. The van der Waals surface area contributed by atoms with Gasteiger partial charge in [0.15, 0.2) is 5.78 Å². The molecule has 0 radical (unpaired) electrons. The molecular formula is C32H38N2O5. The minimum absolute atomic E-state index is 0.000298. The Bertz CT molecular complexity index is 1410. The van der Waals surface area contributed by atoms with Gasteiger partial charge in [0.05, 0.1) is 11.7 Å². The van der Waals surface area contributed by atoms with Crippen LogP contribution in [0.3, 0.4) is 0 Å². The van der Waals surface area contributed by atoms with Gasteiger partial charge in [-0.3, -0.25) is 14.4 Å². The number of nitrogens with one attached hydrogen (secondary N) is 2. The van der Waals surface area contributed by atoms with E-state index >= 15 is 0 Å². The Morgan fingerprint density at radius 1 is 1.15 bits per heavy atom. The maximum absolute atomic E-state index is 14.3. The minimum Gasteiger partial charge on any atom is -0.385 e. The topological polar surface area (TPSA) is 112 Å². The fourth-order valence-corrected chi connectivity index (χ4v) is 7.95. The van der Waals surface area contributed by atoms with E-state index in [0.29, 0.717) is 18.4 Å². The number of epoxide rings is 1. The standard InChI is InChI=1S/C32H38N2O5/c1-17-8-7-10-22-29-31(4,39-29)19(3)27-24(15-20-16-33-23-11-6-5-9-21(20)23)34-30(38)32(22,27)26(36)13-12-25(35)28(37)18(2)14-17/h5-7,9-11,14,16-17,19,22,24-25,27,29,33,35H,8,12-13,15H2,1-4H3,(H,34,38)/b10-7+,18-14-. The van der Waals surface area contributed by atoms with E-state index in [-0.39, 0.29) is 60.2 Å². The van der Waals surface area contributed by atoms with Gasteiger partial charge in [-0.15, -0.1) is 0 Å². The molecule has 206 valence electrons. The highest BCUT2D eigenvalue weighted by Gasteiger charge is 2.78. The van der Waals surface area contributed by atoms with Crippen LogP contribution in [0, 0.1) is 29.1 Å². The summed E-state index contributed by atoms with van der Waals surface area (Å²) in [7, 11) is 0. The number of H-pyrrole nitrogens is 1. The highest BCUT2D eigenvalue weighted by molar-refractivity contribution is 6.09. The molecule has 2 aliphatic carbocycles. The number of amides is 1. The third-order valence-electron chi connectivity index (χ3n) is 10.1. The molecule has 2 aliphatic heterocycles. The van der Waals surface area contributed by atoms with Crippen LogP contribution in [0.1, 0.15) is 52.5 Å². The molecular weight excluding hydrogens is 492 g/mol. The molecule has 39 heavy (non-hydrogen) atoms. The molecule has 1 spiro atoms. The summed E-state index contributed by atoms with van der Waals surface area (Å²) in [6.45, 7) is 7.95. The summed E-state index contributed by atoms with van der Waals surface area (Å²) in [5.74, 6) is -1.48. The number of ketones is 2. The molecule has 9 atom stereocenters. The minimum atomic E-state index is -1.31. The van der Waals surface area contributed by atoms with Crippen molar-refractivity contribution in [3.8, 4) is 0 Å². The van der Waals surface area contributed by atoms with Gasteiger partial charge in [0.1, 0.15) is 17.3 Å². The Morgan fingerprint density at radius 2 is 1.92 bits per heavy atom. The summed E-state index contributed by atoms with van der Waals surface area (Å²) in [5.41, 5.74) is 0.921. The van der Waals surface area contributed by atoms with E-state index in [1.54, 1.807) is 6.92 Å². The third-order valence-corrected chi connectivity index (χ3v) is 10.1. The zero-order valence-electron chi connectivity index (χ0n) is 23.1. The molecule has 6 rings (SSSR count). The number of para-hydroxylation sites is 1. The first-order valence-corrected chi connectivity index (χ1v) is 14.2. The van der Waals surface area contributed by atoms with Crippen LogP contribution in [0.25, 0.3) is 10.9 Å². The zero-order chi connectivity index (χ0) is 27.7. The van der Waals surface area contributed by atoms with Crippen LogP contribution >= 0.6 is 0 Å². The summed E-state index contributed by atoms with van der Waals surface area (Å²) >= 11 is 0. The van der Waals surface area contributed by atoms with Gasteiger partial charge >= 0.3 is 0 Å². The number of rotatable bonds is 2. The molecule has 2 aromatic rings. The molecule has 1 aromatic heterocycles. The average molecular weight is 531 g/mol. The summed E-state index contributed by atoms with van der Waals surface area (Å²) in [5, 5.41) is 15.1. The van der Waals surface area contributed by atoms with Crippen molar-refractivity contribution in [2.24, 2.45) is 29.1 Å². The maximum Gasteiger partial charge on any atom is 0.235 e. The first kappa shape index (κ1) is 26.2. The summed E-state index contributed by atoms with van der Waals surface area (Å²) < 4.78 is 6.35. The summed E-state index contributed by atoms with van der Waals surface area (Å²) in [6.07, 6.45) is 7.67. The van der Waals surface area contributed by atoms with Crippen molar-refractivity contribution in [3.05, 3.63) is 59.8 Å². The number of fused-ring (bicyclic) bond motifs is 3. The van der Waals surface area contributed by atoms with Gasteiger partial charge < -0.3 is 20.1 Å². The lowest BCUT2D eigenvalue weighted by molar-refractivity contribution is -0.148. The highest BCUT2D eigenvalue weighted by atomic mass is 16.6. The number of hydrogen-bond acceptors (Lipinski definition) is 5. The molecule has 0 bridgehead atoms. The van der Waals surface area contributed by atoms with E-state index in [4.69, 9.17) is 4.74 Å². The number of aliphatic hydroxyl groups excluding tert-OH is 1. The number of benzene rings is 1. The van der Waals surface area contributed by atoms with Gasteiger partial charge in [0.2, 0.25) is 5.91 Å². The first-order chi connectivity index (χ1) is 18.6. The first-order valence-electron chi connectivity index (χ1n) is 14.2. The molecule has 9 unspecified atom stereocenters. The van der Waals surface area contributed by atoms with E-state index in [0.717, 1.165) is 16.5 Å². The van der Waals surface area contributed by atoms with Crippen molar-refractivity contribution < 1.29 is 24.2 Å². The molecule has 4 aliphatic rings. The number of aromatic amines is 1. The smallest absolute Gasteiger partial charge is 0.235 e. The van der Waals surface area contributed by atoms with Crippen molar-refractivity contribution >= 4 is 28.4 Å². The van der Waals surface area contributed by atoms with E-state index < -0.39 is 23.0 Å². The molecule has 3 heterocycles. The molecule has 1 amide bonds. The predicted molar refractivity (Wildman–Crippen MR) is 148 cm³/mol. The largest absolute Gasteiger partial charge is 0.385 e. The van der Waals surface area contributed by atoms with E-state index in [2.05, 4.69) is 30.2 Å². The third kappa shape index (κ3) is 3.88. The fourth-order valence-electron chi connectivity index (χ4n) is 7.95. The van der Waals surface area contributed by atoms with Gasteiger partial charge in [-0.2, -0.15) is 0 Å². The van der Waals surface area contributed by atoms with Gasteiger partial charge in [0, 0.05) is 41.4 Å². The van der Waals surface area contributed by atoms with Crippen molar-refractivity contribution in [3.63, 3.8) is 0 Å². The summed E-state index contributed by atoms with van der Waals surface area (Å²) in [4.78, 5) is 44.7. The summed E-state index contributed by atoms with van der Waals surface area (Å²) in [6, 6.07) is 7.85. The predicted octanol–water partition coefficient (Wildman–Crippen LogP) is 4.06. The number of hydrogen-bond donors (Lipinski definition) is 3. The fraction of sp³-hybridized carbons (Fsp3) is 0.531. The molecule has 7 heteroatoms. The average Bonchev–Trinajstić information content (AvgIpc) is 3.31. The second-order valence-electron chi connectivity index (χ2n) is 12.4. The number of carbonyl (C=O) groups is 3. The molecule has 1 aromatic carbocycles. The van der Waals surface area contributed by atoms with Crippen LogP contribution in [0.2, 0.25) is 0 Å². The Labute approximate surface area is 229 Å². The normalized spacial score (nSPS) is 42.6. The molecule has 3 fully saturated rings. The van der Waals surface area contributed by atoms with E-state index in [9.17, 15) is 19.5 Å². The van der Waals surface area contributed by atoms with Crippen molar-refractivity contribution in [2.45, 2.75) is 77.2 Å². The second-order valence-corrected chi connectivity index (χ2v) is 12.4. The van der Waals surface area contributed by atoms with E-state index in [1.807, 2.05) is 49.5 Å². The van der Waals surface area contributed by atoms with Crippen LogP contribution in [0.4, 0.5) is 0 Å². The highest BCUT2D eigenvalue weighted by Crippen LogP contribution is 2.66. The van der Waals surface area contributed by atoms with Crippen LogP contribution in [0.5, 0.6) is 0 Å². The molecule has 7 nitrogen and oxygen atoms in total. The number of carbonyl (C=O) groups excluding carboxylic acids is 3. The Kier molecular flexibility index (Phi) is 6.23. The quantitative estimate of drug-likeness (QED) is 0.308. The van der Waals surface area contributed by atoms with Gasteiger partial charge in [-0.05, 0) is 62.1 Å². The van der Waals surface area contributed by atoms with Crippen LogP contribution in [0.15, 0.2) is 54.3 Å². The SMILES string of the molecule is C/C1=C/C(C)C/C=C/C2C3OC3(C)C(C)C3C(Cc4c[nH]c5ccccc45)NC(=O)C23C(=O)CCC(O)C1=O. The lowest BCUT2D eigenvalue weighted by atomic mass is 9.51. The second kappa shape index (κ2) is 9.27. The zero-order valence-corrected chi connectivity index (χ0v) is 23.1. The van der Waals surface area contributed by atoms with Crippen LogP contribution in [-0.4, -0.2) is 51.4 Å². The number of aromatic nitrogens is 1. The van der Waals surface area contributed by atoms with Crippen LogP contribution < -0.4 is 5.32 Å². The Morgan fingerprint density at radius 3 is 2.72 bits per heavy atom. The van der Waals surface area contributed by atoms with Crippen molar-refractivity contribution in [2.75, 3.05) is 0 Å². The van der Waals surface area contributed by atoms with Gasteiger partial charge in [-0.25, -0.2) is 0 Å². The lowest BCUT2D eigenvalue weighted by Gasteiger charge is -2.46. The van der Waals surface area contributed by atoms with E-state index in [1.165, 1.54) is 0 Å². The maximum atomic E-state index is 14.3. The number of allylic oxidation sites excluding steroid dienone is 2. The molecule has 3 N–H and O–H groups in total. The molecule has 2 saturated heterocycles. The monoisotopic (exact) mass is 530 g/mol. The number of aliphatic hydroxyl groups is 1. The number of Topliss-reactive ketones (excluding diaryl/α,β-unsaturated/α-hetero) is 2. The number of ether oxygens (including phenoxy) is 1. The van der Waals surface area contributed by atoms with Crippen molar-refractivity contribution in [1.29, 1.82) is 0 Å². The van der Waals surface area contributed by atoms with Crippen molar-refractivity contribution in [1.82, 2.24) is 10.3 Å². The van der Waals surface area contributed by atoms with Crippen LogP contribution in [-0.2, 0) is 25.5 Å². The Hall–Kier alpha value is -3.03. The van der Waals surface area contributed by atoms with Gasteiger partial charge in [-0.1, -0.05) is 50.3 Å². The lowest BCUT2D eigenvalue weighted by Crippen LogP contribution is -2.58. The Balaban J connectivity index is 1.43. The van der Waals surface area contributed by atoms with Gasteiger partial charge in [0.25, 0.3) is 0 Å².